The van der Waals surface area contributed by atoms with E-state index >= 15 is 0 Å². The average molecular weight is 523 g/mol. The molecular formula is C30H42N4O4. The van der Waals surface area contributed by atoms with Crippen LogP contribution in [0.5, 0.6) is 0 Å². The fraction of sp³-hybridized carbons (Fsp3) is 0.533. The zero-order chi connectivity index (χ0) is 28.2. The number of nitrogens with one attached hydrogen (secondary N) is 1. The molecule has 1 saturated heterocycles. The highest BCUT2D eigenvalue weighted by Gasteiger charge is 2.33. The van der Waals surface area contributed by atoms with Crippen molar-refractivity contribution in [2.75, 3.05) is 6.54 Å². The molecule has 0 unspecified atom stereocenters. The second kappa shape index (κ2) is 12.0. The number of nitrogens with two attached hydrogens (primary N) is 1. The monoisotopic (exact) mass is 522 g/mol. The van der Waals surface area contributed by atoms with E-state index in [0.717, 1.165) is 52.0 Å². The zero-order valence-corrected chi connectivity index (χ0v) is 23.8. The summed E-state index contributed by atoms with van der Waals surface area (Å²) in [5, 5.41) is 2.91. The van der Waals surface area contributed by atoms with Gasteiger partial charge in [-0.3, -0.25) is 14.6 Å². The summed E-state index contributed by atoms with van der Waals surface area (Å²) in [6.45, 7) is 14.4. The Hall–Kier alpha value is -3.42. The van der Waals surface area contributed by atoms with Crippen molar-refractivity contribution in [3.8, 4) is 11.1 Å². The van der Waals surface area contributed by atoms with E-state index in [4.69, 9.17) is 15.5 Å². The van der Waals surface area contributed by atoms with Gasteiger partial charge < -0.3 is 20.7 Å². The molecule has 8 nitrogen and oxygen atoms in total. The number of pyridine rings is 1. The predicted octanol–water partition coefficient (Wildman–Crippen LogP) is 4.61. The fourth-order valence-electron chi connectivity index (χ4n) is 4.96. The van der Waals surface area contributed by atoms with Crippen LogP contribution in [0.2, 0.25) is 0 Å². The highest BCUT2D eigenvalue weighted by molar-refractivity contribution is 5.89. The number of likely N-dealkylation sites (tertiary alicyclic amines) is 1. The van der Waals surface area contributed by atoms with Crippen molar-refractivity contribution in [2.45, 2.75) is 92.3 Å². The van der Waals surface area contributed by atoms with E-state index in [1.54, 1.807) is 4.90 Å². The topological polar surface area (TPSA) is 115 Å². The molecule has 1 aromatic heterocycles. The summed E-state index contributed by atoms with van der Waals surface area (Å²) >= 11 is 0. The molecular weight excluding hydrogens is 480 g/mol. The van der Waals surface area contributed by atoms with Crippen LogP contribution in [0.1, 0.15) is 75.5 Å². The number of amides is 3. The van der Waals surface area contributed by atoms with E-state index in [2.05, 4.69) is 19.2 Å². The minimum absolute atomic E-state index is 0.0905. The van der Waals surface area contributed by atoms with Crippen LogP contribution in [-0.4, -0.2) is 46.0 Å². The highest BCUT2D eigenvalue weighted by atomic mass is 16.6. The van der Waals surface area contributed by atoms with E-state index in [0.29, 0.717) is 18.9 Å². The van der Waals surface area contributed by atoms with Crippen LogP contribution in [-0.2, 0) is 33.7 Å². The van der Waals surface area contributed by atoms with Gasteiger partial charge in [0, 0.05) is 30.0 Å². The number of carbonyl (C=O) groups is 3. The van der Waals surface area contributed by atoms with Gasteiger partial charge in [-0.15, -0.1) is 0 Å². The molecule has 1 aromatic carbocycles. The fourth-order valence-corrected chi connectivity index (χ4v) is 4.96. The van der Waals surface area contributed by atoms with Crippen LogP contribution in [0, 0.1) is 19.8 Å². The van der Waals surface area contributed by atoms with Crippen LogP contribution in [0.25, 0.3) is 11.1 Å². The van der Waals surface area contributed by atoms with E-state index < -0.39 is 23.6 Å². The van der Waals surface area contributed by atoms with Crippen molar-refractivity contribution in [1.82, 2.24) is 15.2 Å². The number of rotatable bonds is 8. The number of hydrogen-bond acceptors (Lipinski definition) is 5. The molecule has 0 spiro atoms. The van der Waals surface area contributed by atoms with Gasteiger partial charge in [-0.1, -0.05) is 43.7 Å². The van der Waals surface area contributed by atoms with Gasteiger partial charge in [0.05, 0.1) is 6.42 Å². The first-order valence-corrected chi connectivity index (χ1v) is 13.4. The number of carbonyl (C=O) groups excluding carboxylic acids is 3. The summed E-state index contributed by atoms with van der Waals surface area (Å²) in [6, 6.07) is 7.57. The Morgan fingerprint density at radius 3 is 2.37 bits per heavy atom. The smallest absolute Gasteiger partial charge is 0.407 e. The lowest BCUT2D eigenvalue weighted by Crippen LogP contribution is -2.44. The highest BCUT2D eigenvalue weighted by Crippen LogP contribution is 2.34. The summed E-state index contributed by atoms with van der Waals surface area (Å²) < 4.78 is 5.49. The Balaban J connectivity index is 2.12. The van der Waals surface area contributed by atoms with Gasteiger partial charge in [-0.25, -0.2) is 4.79 Å². The lowest BCUT2D eigenvalue weighted by atomic mass is 9.88. The van der Waals surface area contributed by atoms with Crippen molar-refractivity contribution in [3.05, 3.63) is 52.3 Å². The van der Waals surface area contributed by atoms with E-state index in [-0.39, 0.29) is 18.9 Å². The summed E-state index contributed by atoms with van der Waals surface area (Å²) in [7, 11) is 0. The van der Waals surface area contributed by atoms with Crippen molar-refractivity contribution in [3.63, 3.8) is 0 Å². The molecule has 1 aliphatic heterocycles. The van der Waals surface area contributed by atoms with E-state index in [1.165, 1.54) is 0 Å². The molecule has 0 radical (unpaired) electrons. The molecule has 38 heavy (non-hydrogen) atoms. The molecule has 1 aliphatic rings. The predicted molar refractivity (Wildman–Crippen MR) is 148 cm³/mol. The van der Waals surface area contributed by atoms with Crippen LogP contribution in [0.3, 0.4) is 0 Å². The third-order valence-corrected chi connectivity index (χ3v) is 6.67. The largest absolute Gasteiger partial charge is 0.444 e. The molecule has 3 rings (SSSR count). The van der Waals surface area contributed by atoms with E-state index in [9.17, 15) is 14.4 Å². The second-order valence-electron chi connectivity index (χ2n) is 11.6. The maximum atomic E-state index is 13.5. The van der Waals surface area contributed by atoms with Gasteiger partial charge in [-0.05, 0) is 76.5 Å². The van der Waals surface area contributed by atoms with Crippen molar-refractivity contribution in [2.24, 2.45) is 11.7 Å². The summed E-state index contributed by atoms with van der Waals surface area (Å²) in [5.74, 6) is -0.285. The first-order chi connectivity index (χ1) is 17.8. The van der Waals surface area contributed by atoms with Gasteiger partial charge in [0.15, 0.2) is 0 Å². The molecule has 1 atom stereocenters. The lowest BCUT2D eigenvalue weighted by Gasteiger charge is -2.26. The number of ether oxygens (including phenoxy) is 1. The number of hydrogen-bond donors (Lipinski definition) is 2. The normalized spacial score (nSPS) is 15.6. The quantitative estimate of drug-likeness (QED) is 0.526. The molecule has 3 amide bonds. The van der Waals surface area contributed by atoms with Crippen LogP contribution in [0.4, 0.5) is 4.79 Å². The molecule has 0 aliphatic carbocycles. The first-order valence-electron chi connectivity index (χ1n) is 13.4. The Labute approximate surface area is 226 Å². The van der Waals surface area contributed by atoms with Gasteiger partial charge >= 0.3 is 6.09 Å². The Bertz CT molecular complexity index is 1180. The number of primary amides is 1. The molecule has 1 fully saturated rings. The number of benzene rings is 1. The van der Waals surface area contributed by atoms with Gasteiger partial charge in [0.1, 0.15) is 11.6 Å². The number of alkyl carbamates (subject to hydrolysis) is 1. The third-order valence-electron chi connectivity index (χ3n) is 6.67. The maximum absolute atomic E-state index is 13.5. The van der Waals surface area contributed by atoms with Gasteiger partial charge in [0.25, 0.3) is 0 Å². The second-order valence-corrected chi connectivity index (χ2v) is 11.6. The average Bonchev–Trinajstić information content (AvgIpc) is 3.29. The van der Waals surface area contributed by atoms with Crippen molar-refractivity contribution in [1.29, 1.82) is 0 Å². The third kappa shape index (κ3) is 7.33. The SMILES string of the molecule is Cc1ccc(-c2c(CC(=O)N3CCC[C@H]3C(N)=O)c(C)nc(CC(C)C)c2CNC(=O)OC(C)(C)C)cc1. The minimum atomic E-state index is -0.625. The zero-order valence-electron chi connectivity index (χ0n) is 23.8. The minimum Gasteiger partial charge on any atom is -0.444 e. The Kier molecular flexibility index (Phi) is 9.18. The van der Waals surface area contributed by atoms with Crippen LogP contribution in [0.15, 0.2) is 24.3 Å². The molecule has 8 heteroatoms. The van der Waals surface area contributed by atoms with Gasteiger partial charge in [-0.2, -0.15) is 0 Å². The molecule has 0 bridgehead atoms. The summed E-state index contributed by atoms with van der Waals surface area (Å²) in [5.41, 5.74) is 11.2. The van der Waals surface area contributed by atoms with Crippen molar-refractivity contribution < 1.29 is 19.1 Å². The van der Waals surface area contributed by atoms with Gasteiger partial charge in [0.2, 0.25) is 11.8 Å². The van der Waals surface area contributed by atoms with Crippen LogP contribution >= 0.6 is 0 Å². The lowest BCUT2D eigenvalue weighted by molar-refractivity contribution is -0.136. The number of aryl methyl sites for hydroxylation is 2. The van der Waals surface area contributed by atoms with Crippen molar-refractivity contribution >= 4 is 17.9 Å². The Morgan fingerprint density at radius 1 is 1.13 bits per heavy atom. The molecule has 206 valence electrons. The summed E-state index contributed by atoms with van der Waals surface area (Å²) in [6.07, 6.45) is 1.63. The Morgan fingerprint density at radius 2 is 1.79 bits per heavy atom. The molecule has 3 N–H and O–H groups in total. The standard InChI is InChI=1S/C30H42N4O4/c1-18(2)15-24-23(17-32-29(37)38-30(5,6)7)27(21-12-10-19(3)11-13-21)22(20(4)33-24)16-26(35)34-14-8-9-25(34)28(31)36/h10-13,18,25H,8-9,14-17H2,1-7H3,(H2,31,36)(H,32,37)/t25-/m0/s1. The van der Waals surface area contributed by atoms with E-state index in [1.807, 2.05) is 58.9 Å². The molecule has 2 heterocycles. The number of aromatic nitrogens is 1. The molecule has 2 aromatic rings. The number of nitrogens with zero attached hydrogens (tertiary/aromatic N) is 2. The first kappa shape index (κ1) is 29.1. The maximum Gasteiger partial charge on any atom is 0.407 e. The summed E-state index contributed by atoms with van der Waals surface area (Å²) in [4.78, 5) is 44.6. The molecule has 0 saturated carbocycles. The van der Waals surface area contributed by atoms with Crippen LogP contribution < -0.4 is 11.1 Å².